The van der Waals surface area contributed by atoms with Crippen LogP contribution in [0.4, 0.5) is 4.79 Å². The molecule has 1 aromatic heterocycles. The van der Waals surface area contributed by atoms with Gasteiger partial charge in [0, 0.05) is 16.7 Å². The van der Waals surface area contributed by atoms with Gasteiger partial charge < -0.3 is 19.7 Å². The summed E-state index contributed by atoms with van der Waals surface area (Å²) in [6.07, 6.45) is -0.588. The van der Waals surface area contributed by atoms with Crippen molar-refractivity contribution in [1.82, 2.24) is 9.55 Å². The molecule has 0 aliphatic rings. The summed E-state index contributed by atoms with van der Waals surface area (Å²) >= 11 is 0. The van der Waals surface area contributed by atoms with E-state index in [0.717, 1.165) is 16.7 Å². The number of phenolic OH excluding ortho intramolecular Hbond substituents is 1. The molecule has 174 valence electrons. The maximum atomic E-state index is 13.1. The Hall–Kier alpha value is -4.10. The highest BCUT2D eigenvalue weighted by Crippen LogP contribution is 2.38. The maximum Gasteiger partial charge on any atom is 0.420 e. The van der Waals surface area contributed by atoms with E-state index < -0.39 is 6.09 Å². The van der Waals surface area contributed by atoms with E-state index in [1.165, 1.54) is 11.7 Å². The predicted octanol–water partition coefficient (Wildman–Crippen LogP) is 5.32. The summed E-state index contributed by atoms with van der Waals surface area (Å²) < 4.78 is 11.9. The van der Waals surface area contributed by atoms with Gasteiger partial charge in [-0.2, -0.15) is 0 Å². The minimum atomic E-state index is -0.588. The molecule has 1 heterocycles. The van der Waals surface area contributed by atoms with Crippen molar-refractivity contribution in [1.29, 1.82) is 0 Å². The van der Waals surface area contributed by atoms with Crippen LogP contribution < -0.4 is 4.74 Å². The average Bonchev–Trinajstić information content (AvgIpc) is 3.27. The van der Waals surface area contributed by atoms with Crippen molar-refractivity contribution < 1.29 is 24.5 Å². The number of hydrogen-bond donors (Lipinski definition) is 2. The fraction of sp³-hybridized carbons (Fsp3) is 0.185. The van der Waals surface area contributed by atoms with Crippen molar-refractivity contribution in [2.45, 2.75) is 20.5 Å². The molecule has 7 heteroatoms. The summed E-state index contributed by atoms with van der Waals surface area (Å²) in [6.45, 7) is 3.53. The van der Waals surface area contributed by atoms with Crippen molar-refractivity contribution >= 4 is 6.09 Å². The van der Waals surface area contributed by atoms with Crippen LogP contribution in [-0.2, 0) is 11.3 Å². The number of aryl methyl sites for hydroxylation is 2. The number of aliphatic hydroxyl groups excluding tert-OH is 1. The van der Waals surface area contributed by atoms with Crippen LogP contribution in [-0.4, -0.2) is 40.1 Å². The molecule has 7 nitrogen and oxygen atoms in total. The highest BCUT2D eigenvalue weighted by molar-refractivity contribution is 5.91. The third kappa shape index (κ3) is 4.13. The lowest BCUT2D eigenvalue weighted by molar-refractivity contribution is 0.173. The molecule has 34 heavy (non-hydrogen) atoms. The van der Waals surface area contributed by atoms with Crippen LogP contribution in [0.5, 0.6) is 11.5 Å². The first-order valence-electron chi connectivity index (χ1n) is 10.7. The van der Waals surface area contributed by atoms with Gasteiger partial charge in [0.2, 0.25) is 0 Å². The zero-order valence-electron chi connectivity index (χ0n) is 19.5. The summed E-state index contributed by atoms with van der Waals surface area (Å²) in [5.41, 5.74) is 5.46. The summed E-state index contributed by atoms with van der Waals surface area (Å²) in [4.78, 5) is 18.0. The zero-order chi connectivity index (χ0) is 24.4. The lowest BCUT2D eigenvalue weighted by Crippen LogP contribution is -2.14. The Kier molecular flexibility index (Phi) is 6.38. The lowest BCUT2D eigenvalue weighted by atomic mass is 10.0. The summed E-state index contributed by atoms with van der Waals surface area (Å²) in [5.74, 6) is 1.28. The molecular formula is C27H26N2O5. The number of aliphatic hydroxyl groups is 1. The molecule has 0 saturated carbocycles. The van der Waals surface area contributed by atoms with Crippen LogP contribution in [0.3, 0.4) is 0 Å². The van der Waals surface area contributed by atoms with E-state index in [-0.39, 0.29) is 12.4 Å². The number of phenols is 1. The van der Waals surface area contributed by atoms with E-state index in [1.807, 2.05) is 48.5 Å². The van der Waals surface area contributed by atoms with E-state index in [1.54, 1.807) is 33.1 Å². The van der Waals surface area contributed by atoms with E-state index in [9.17, 15) is 15.0 Å². The topological polar surface area (TPSA) is 93.8 Å². The molecule has 0 bridgehead atoms. The predicted molar refractivity (Wildman–Crippen MR) is 130 cm³/mol. The molecule has 0 spiro atoms. The number of carbonyl (C=O) groups is 1. The highest BCUT2D eigenvalue weighted by atomic mass is 16.5. The molecule has 0 aliphatic carbocycles. The second kappa shape index (κ2) is 9.41. The third-order valence-corrected chi connectivity index (χ3v) is 5.76. The van der Waals surface area contributed by atoms with Gasteiger partial charge in [0.1, 0.15) is 11.5 Å². The van der Waals surface area contributed by atoms with Crippen molar-refractivity contribution in [3.63, 3.8) is 0 Å². The Balaban J connectivity index is 2.05. The largest absolute Gasteiger partial charge is 0.507 e. The molecule has 0 radical (unpaired) electrons. The van der Waals surface area contributed by atoms with Gasteiger partial charge in [-0.3, -0.25) is 0 Å². The molecular weight excluding hydrogens is 432 g/mol. The van der Waals surface area contributed by atoms with Crippen molar-refractivity contribution in [2.24, 2.45) is 0 Å². The van der Waals surface area contributed by atoms with Gasteiger partial charge >= 0.3 is 6.09 Å². The molecule has 0 fully saturated rings. The molecule has 0 amide bonds. The van der Waals surface area contributed by atoms with Crippen LogP contribution in [0.25, 0.3) is 33.9 Å². The van der Waals surface area contributed by atoms with E-state index in [4.69, 9.17) is 14.5 Å². The lowest BCUT2D eigenvalue weighted by Gasteiger charge is -2.12. The Bertz CT molecular complexity index is 1320. The number of aromatic nitrogens is 2. The van der Waals surface area contributed by atoms with Gasteiger partial charge in [-0.15, -0.1) is 0 Å². The van der Waals surface area contributed by atoms with Gasteiger partial charge in [0.05, 0.1) is 32.2 Å². The number of carbonyl (C=O) groups excluding carboxylic acids is 1. The SMILES string of the molecule is COC(=O)n1c(-c2cc(C)c(O)c(C)c2)nc(-c2ccc(CO)cc2)c1-c1ccc(OC)cc1. The molecule has 0 unspecified atom stereocenters. The average molecular weight is 459 g/mol. The molecule has 2 N–H and O–H groups in total. The van der Waals surface area contributed by atoms with Gasteiger partial charge in [0.25, 0.3) is 0 Å². The van der Waals surface area contributed by atoms with Gasteiger partial charge in [0.15, 0.2) is 5.82 Å². The summed E-state index contributed by atoms with van der Waals surface area (Å²) in [6, 6.07) is 18.3. The van der Waals surface area contributed by atoms with Gasteiger partial charge in [-0.05, 0) is 66.9 Å². The van der Waals surface area contributed by atoms with Crippen molar-refractivity contribution in [3.05, 3.63) is 77.4 Å². The van der Waals surface area contributed by atoms with E-state index >= 15 is 0 Å². The Labute approximate surface area is 197 Å². The number of ether oxygens (including phenoxy) is 2. The fourth-order valence-electron chi connectivity index (χ4n) is 3.95. The zero-order valence-corrected chi connectivity index (χ0v) is 19.5. The molecule has 0 atom stereocenters. The number of imidazole rings is 1. The minimum Gasteiger partial charge on any atom is -0.507 e. The second-order valence-electron chi connectivity index (χ2n) is 7.98. The number of methoxy groups -OCH3 is 2. The third-order valence-electron chi connectivity index (χ3n) is 5.76. The van der Waals surface area contributed by atoms with E-state index in [0.29, 0.717) is 39.7 Å². The summed E-state index contributed by atoms with van der Waals surface area (Å²) in [7, 11) is 2.92. The smallest absolute Gasteiger partial charge is 0.420 e. The molecule has 0 aliphatic heterocycles. The van der Waals surface area contributed by atoms with Crippen LogP contribution >= 0.6 is 0 Å². The van der Waals surface area contributed by atoms with Crippen LogP contribution in [0, 0.1) is 13.8 Å². The quantitative estimate of drug-likeness (QED) is 0.420. The number of aromatic hydroxyl groups is 1. The molecule has 4 aromatic rings. The number of benzene rings is 3. The molecule has 4 rings (SSSR count). The maximum absolute atomic E-state index is 13.1. The number of rotatable bonds is 5. The minimum absolute atomic E-state index is 0.0699. The van der Waals surface area contributed by atoms with Crippen molar-refractivity contribution in [3.8, 4) is 45.4 Å². The number of nitrogens with zero attached hydrogens (tertiary/aromatic N) is 2. The Morgan fingerprint density at radius 1 is 0.912 bits per heavy atom. The van der Waals surface area contributed by atoms with Crippen LogP contribution in [0.2, 0.25) is 0 Å². The highest BCUT2D eigenvalue weighted by Gasteiger charge is 2.26. The first-order chi connectivity index (χ1) is 16.4. The van der Waals surface area contributed by atoms with E-state index in [2.05, 4.69) is 0 Å². The number of hydrogen-bond acceptors (Lipinski definition) is 6. The van der Waals surface area contributed by atoms with Crippen LogP contribution in [0.15, 0.2) is 60.7 Å². The van der Waals surface area contributed by atoms with Crippen molar-refractivity contribution in [2.75, 3.05) is 14.2 Å². The monoisotopic (exact) mass is 458 g/mol. The molecule has 3 aromatic carbocycles. The Morgan fingerprint density at radius 3 is 2.03 bits per heavy atom. The standard InChI is InChI=1S/C27H26N2O5/c1-16-13-21(14-17(2)25(16)31)26-28-23(19-7-5-18(15-30)6-8-19)24(29(26)27(32)34-4)20-9-11-22(33-3)12-10-20/h5-14,30-31H,15H2,1-4H3. The Morgan fingerprint density at radius 2 is 1.50 bits per heavy atom. The van der Waals surface area contributed by atoms with Crippen LogP contribution in [0.1, 0.15) is 16.7 Å². The van der Waals surface area contributed by atoms with Gasteiger partial charge in [-0.1, -0.05) is 24.3 Å². The first kappa shape index (κ1) is 23.1. The first-order valence-corrected chi connectivity index (χ1v) is 10.7. The molecule has 0 saturated heterocycles. The van der Waals surface area contributed by atoms with Gasteiger partial charge in [-0.25, -0.2) is 14.3 Å². The summed E-state index contributed by atoms with van der Waals surface area (Å²) in [5, 5.41) is 19.7. The normalized spacial score (nSPS) is 10.9. The second-order valence-corrected chi connectivity index (χ2v) is 7.98. The fourth-order valence-corrected chi connectivity index (χ4v) is 3.95.